The van der Waals surface area contributed by atoms with Gasteiger partial charge in [0.1, 0.15) is 15.7 Å². The molecule has 1 aromatic carbocycles. The highest BCUT2D eigenvalue weighted by Gasteiger charge is 2.25. The van der Waals surface area contributed by atoms with Crippen LogP contribution in [0.4, 0.5) is 4.39 Å². The summed E-state index contributed by atoms with van der Waals surface area (Å²) >= 11 is 0. The van der Waals surface area contributed by atoms with E-state index < -0.39 is 9.84 Å². The number of hydrogen-bond acceptors (Lipinski definition) is 4. The van der Waals surface area contributed by atoms with E-state index in [0.29, 0.717) is 25.3 Å². The van der Waals surface area contributed by atoms with Crippen LogP contribution in [0.15, 0.2) is 48.7 Å². The Balaban J connectivity index is 1.72. The zero-order valence-electron chi connectivity index (χ0n) is 13.4. The fourth-order valence-corrected chi connectivity index (χ4v) is 4.61. The molecule has 128 valence electrons. The first-order chi connectivity index (χ1) is 11.5. The third kappa shape index (κ3) is 4.39. The predicted octanol–water partition coefficient (Wildman–Crippen LogP) is 2.72. The van der Waals surface area contributed by atoms with Gasteiger partial charge in [-0.05, 0) is 43.0 Å². The minimum absolute atomic E-state index is 0.134. The van der Waals surface area contributed by atoms with Crippen molar-refractivity contribution >= 4 is 9.84 Å². The van der Waals surface area contributed by atoms with Crippen molar-refractivity contribution in [1.82, 2.24) is 10.3 Å². The lowest BCUT2D eigenvalue weighted by molar-refractivity contribution is 0.414. The van der Waals surface area contributed by atoms with Gasteiger partial charge in [-0.1, -0.05) is 30.3 Å². The molecule has 1 N–H and O–H groups in total. The molecule has 2 heterocycles. The smallest absolute Gasteiger partial charge is 0.150 e. The van der Waals surface area contributed by atoms with Crippen molar-refractivity contribution in [3.05, 3.63) is 65.7 Å². The highest BCUT2D eigenvalue weighted by atomic mass is 32.2. The minimum atomic E-state index is -2.85. The van der Waals surface area contributed by atoms with Gasteiger partial charge in [-0.3, -0.25) is 4.98 Å². The summed E-state index contributed by atoms with van der Waals surface area (Å²) in [5.41, 5.74) is 1.81. The molecule has 0 saturated carbocycles. The number of aromatic nitrogens is 1. The maximum atomic E-state index is 13.2. The lowest BCUT2D eigenvalue weighted by Crippen LogP contribution is -2.33. The van der Waals surface area contributed by atoms with E-state index in [1.807, 2.05) is 30.3 Å². The summed E-state index contributed by atoms with van der Waals surface area (Å²) < 4.78 is 36.2. The van der Waals surface area contributed by atoms with E-state index in [4.69, 9.17) is 0 Å². The van der Waals surface area contributed by atoms with Crippen LogP contribution in [-0.4, -0.2) is 31.5 Å². The van der Waals surface area contributed by atoms with E-state index >= 15 is 0 Å². The monoisotopic (exact) mass is 348 g/mol. The lowest BCUT2D eigenvalue weighted by Gasteiger charge is -2.26. The molecule has 1 aromatic heterocycles. The Hall–Kier alpha value is -1.79. The fourth-order valence-electron chi connectivity index (χ4n) is 3.02. The van der Waals surface area contributed by atoms with Crippen LogP contribution in [0, 0.1) is 11.7 Å². The Labute approximate surface area is 142 Å². The molecule has 24 heavy (non-hydrogen) atoms. The zero-order chi connectivity index (χ0) is 17.0. The molecule has 0 unspecified atom stereocenters. The Morgan fingerprint density at radius 2 is 1.83 bits per heavy atom. The van der Waals surface area contributed by atoms with Crippen molar-refractivity contribution in [3.8, 4) is 0 Å². The summed E-state index contributed by atoms with van der Waals surface area (Å²) in [5.74, 6) is 0.511. The number of benzene rings is 1. The molecule has 1 aliphatic rings. The zero-order valence-corrected chi connectivity index (χ0v) is 14.2. The third-order valence-electron chi connectivity index (χ3n) is 4.46. The van der Waals surface area contributed by atoms with E-state index in [0.717, 1.165) is 11.3 Å². The molecule has 0 radical (unpaired) electrons. The molecule has 6 heteroatoms. The lowest BCUT2D eigenvalue weighted by atomic mass is 9.99. The molecular weight excluding hydrogens is 327 g/mol. The molecule has 1 fully saturated rings. The van der Waals surface area contributed by atoms with Crippen LogP contribution in [0.5, 0.6) is 0 Å². The van der Waals surface area contributed by atoms with E-state index in [2.05, 4.69) is 10.3 Å². The molecule has 1 atom stereocenters. The molecule has 0 aliphatic carbocycles. The Morgan fingerprint density at radius 3 is 2.46 bits per heavy atom. The fraction of sp³-hybridized carbons (Fsp3) is 0.389. The van der Waals surface area contributed by atoms with Crippen LogP contribution in [0.2, 0.25) is 0 Å². The number of halogens is 1. The molecular formula is C18H21FN2O2S. The van der Waals surface area contributed by atoms with Crippen molar-refractivity contribution < 1.29 is 12.8 Å². The molecule has 2 aromatic rings. The largest absolute Gasteiger partial charge is 0.305 e. The van der Waals surface area contributed by atoms with Gasteiger partial charge in [-0.25, -0.2) is 12.8 Å². The molecule has 0 bridgehead atoms. The number of rotatable bonds is 5. The van der Waals surface area contributed by atoms with Gasteiger partial charge >= 0.3 is 0 Å². The quantitative estimate of drug-likeness (QED) is 0.903. The van der Waals surface area contributed by atoms with Gasteiger partial charge in [0.25, 0.3) is 0 Å². The van der Waals surface area contributed by atoms with E-state index in [1.165, 1.54) is 12.3 Å². The van der Waals surface area contributed by atoms with Crippen LogP contribution >= 0.6 is 0 Å². The van der Waals surface area contributed by atoms with Crippen molar-refractivity contribution in [1.29, 1.82) is 0 Å². The van der Waals surface area contributed by atoms with Gasteiger partial charge in [0.2, 0.25) is 0 Å². The number of hydrogen-bond donors (Lipinski definition) is 1. The summed E-state index contributed by atoms with van der Waals surface area (Å²) in [6.07, 6.45) is 2.60. The standard InChI is InChI=1S/C18H21FN2O2S/c19-16-6-7-17(20-13-16)18(15-4-2-1-3-5-15)21-12-14-8-10-24(22,23)11-9-14/h1-7,13-14,18,21H,8-12H2/t18-/m0/s1. The van der Waals surface area contributed by atoms with Gasteiger partial charge in [0.05, 0.1) is 29.4 Å². The maximum absolute atomic E-state index is 13.2. The van der Waals surface area contributed by atoms with E-state index in [1.54, 1.807) is 6.07 Å². The summed E-state index contributed by atoms with van der Waals surface area (Å²) in [5, 5.41) is 3.49. The van der Waals surface area contributed by atoms with E-state index in [-0.39, 0.29) is 23.4 Å². The predicted molar refractivity (Wildman–Crippen MR) is 91.9 cm³/mol. The summed E-state index contributed by atoms with van der Waals surface area (Å²) in [6.45, 7) is 0.716. The Morgan fingerprint density at radius 1 is 1.12 bits per heavy atom. The van der Waals surface area contributed by atoms with Crippen molar-refractivity contribution in [2.45, 2.75) is 18.9 Å². The van der Waals surface area contributed by atoms with Gasteiger partial charge in [0.15, 0.2) is 0 Å². The second-order valence-electron chi connectivity index (χ2n) is 6.25. The van der Waals surface area contributed by atoms with Gasteiger partial charge in [-0.15, -0.1) is 0 Å². The second-order valence-corrected chi connectivity index (χ2v) is 8.55. The maximum Gasteiger partial charge on any atom is 0.150 e. The Bertz CT molecular complexity index is 749. The number of sulfone groups is 1. The van der Waals surface area contributed by atoms with Crippen LogP contribution < -0.4 is 5.32 Å². The normalized spacial score (nSPS) is 19.0. The van der Waals surface area contributed by atoms with Crippen molar-refractivity contribution in [3.63, 3.8) is 0 Å². The highest BCUT2D eigenvalue weighted by Crippen LogP contribution is 2.23. The highest BCUT2D eigenvalue weighted by molar-refractivity contribution is 7.91. The summed E-state index contributed by atoms with van der Waals surface area (Å²) in [4.78, 5) is 4.21. The summed E-state index contributed by atoms with van der Waals surface area (Å²) in [6, 6.07) is 12.8. The topological polar surface area (TPSA) is 59.1 Å². The van der Waals surface area contributed by atoms with Crippen LogP contribution in [0.3, 0.4) is 0 Å². The SMILES string of the molecule is O=S1(=O)CCC(CN[C@@H](c2ccccc2)c2ccc(F)cn2)CC1. The van der Waals surface area contributed by atoms with Crippen molar-refractivity contribution in [2.75, 3.05) is 18.1 Å². The molecule has 0 amide bonds. The van der Waals surface area contributed by atoms with Gasteiger partial charge in [-0.2, -0.15) is 0 Å². The number of nitrogens with zero attached hydrogens (tertiary/aromatic N) is 1. The first-order valence-electron chi connectivity index (χ1n) is 8.14. The molecule has 4 nitrogen and oxygen atoms in total. The van der Waals surface area contributed by atoms with Gasteiger partial charge in [0, 0.05) is 0 Å². The number of nitrogens with one attached hydrogen (secondary N) is 1. The van der Waals surface area contributed by atoms with Crippen molar-refractivity contribution in [2.24, 2.45) is 5.92 Å². The van der Waals surface area contributed by atoms with E-state index in [9.17, 15) is 12.8 Å². The molecule has 1 aliphatic heterocycles. The number of pyridine rings is 1. The van der Waals surface area contributed by atoms with Gasteiger partial charge < -0.3 is 5.32 Å². The molecule has 1 saturated heterocycles. The summed E-state index contributed by atoms with van der Waals surface area (Å²) in [7, 11) is -2.85. The first kappa shape index (κ1) is 17.0. The average Bonchev–Trinajstić information content (AvgIpc) is 2.59. The third-order valence-corrected chi connectivity index (χ3v) is 6.18. The first-order valence-corrected chi connectivity index (χ1v) is 9.96. The van der Waals surface area contributed by atoms with Crippen LogP contribution in [0.25, 0.3) is 0 Å². The Kier molecular flexibility index (Phi) is 5.26. The van der Waals surface area contributed by atoms with Crippen LogP contribution in [0.1, 0.15) is 30.1 Å². The minimum Gasteiger partial charge on any atom is -0.305 e. The second kappa shape index (κ2) is 7.40. The molecule has 3 rings (SSSR count). The average molecular weight is 348 g/mol. The van der Waals surface area contributed by atoms with Crippen LogP contribution in [-0.2, 0) is 9.84 Å². The molecule has 0 spiro atoms.